The number of aryl methyl sites for hydroxylation is 1. The van der Waals surface area contributed by atoms with Crippen molar-refractivity contribution in [1.29, 1.82) is 0 Å². The summed E-state index contributed by atoms with van der Waals surface area (Å²) in [6, 6.07) is 14.9. The molecule has 1 amide bonds. The van der Waals surface area contributed by atoms with E-state index in [9.17, 15) is 9.59 Å². The Kier molecular flexibility index (Phi) is 4.04. The van der Waals surface area contributed by atoms with E-state index in [-0.39, 0.29) is 16.9 Å². The molecule has 2 aromatic heterocycles. The zero-order valence-corrected chi connectivity index (χ0v) is 16.2. The van der Waals surface area contributed by atoms with Crippen LogP contribution in [0.4, 0.5) is 0 Å². The van der Waals surface area contributed by atoms with Gasteiger partial charge >= 0.3 is 0 Å². The molecule has 0 aliphatic carbocycles. The number of hydrogen-bond acceptors (Lipinski definition) is 5. The molecular weight excluding hydrogens is 366 g/mol. The highest BCUT2D eigenvalue weighted by Gasteiger charge is 2.48. The number of nitrogens with zero attached hydrogens (tertiary/aromatic N) is 5. The number of aromatic nitrogens is 4. The predicted octanol–water partition coefficient (Wildman–Crippen LogP) is 2.20. The van der Waals surface area contributed by atoms with E-state index >= 15 is 0 Å². The second kappa shape index (κ2) is 6.62. The first-order valence-electron chi connectivity index (χ1n) is 9.84. The summed E-state index contributed by atoms with van der Waals surface area (Å²) >= 11 is 0. The predicted molar refractivity (Wildman–Crippen MR) is 108 cm³/mol. The Bertz CT molecular complexity index is 1160. The van der Waals surface area contributed by atoms with Crippen LogP contribution in [0.1, 0.15) is 34.8 Å². The lowest BCUT2D eigenvalue weighted by atomic mass is 9.85. The normalized spacial score (nSPS) is 20.2. The monoisotopic (exact) mass is 387 g/mol. The van der Waals surface area contributed by atoms with Crippen LogP contribution in [0.15, 0.2) is 53.3 Å². The van der Waals surface area contributed by atoms with Crippen LogP contribution >= 0.6 is 0 Å². The van der Waals surface area contributed by atoms with Gasteiger partial charge in [-0.25, -0.2) is 4.98 Å². The van der Waals surface area contributed by atoms with Crippen LogP contribution in [-0.4, -0.2) is 43.6 Å². The largest absolute Gasteiger partial charge is 0.336 e. The number of carbonyl (C=O) groups is 1. The van der Waals surface area contributed by atoms with Crippen molar-refractivity contribution < 1.29 is 4.79 Å². The number of rotatable bonds is 2. The standard InChI is InChI=1S/C22H21N5O2/c1-15-6-5-9-17(23-15)19(28)26-12-10-22(14-26)11-13-27-20(29)18(24-25-21(22)27)16-7-3-2-4-8-16/h2-9H,10-14H2,1H3/t22-/m1/s1. The first kappa shape index (κ1) is 17.7. The number of hydrogen-bond donors (Lipinski definition) is 0. The highest BCUT2D eigenvalue weighted by molar-refractivity contribution is 5.92. The van der Waals surface area contributed by atoms with Crippen LogP contribution in [0.2, 0.25) is 0 Å². The van der Waals surface area contributed by atoms with Gasteiger partial charge in [-0.1, -0.05) is 36.4 Å². The topological polar surface area (TPSA) is 81.0 Å². The van der Waals surface area contributed by atoms with Crippen LogP contribution in [0.5, 0.6) is 0 Å². The Hall–Kier alpha value is -3.35. The third kappa shape index (κ3) is 2.85. The van der Waals surface area contributed by atoms with Gasteiger partial charge in [-0.3, -0.25) is 14.2 Å². The van der Waals surface area contributed by atoms with Gasteiger partial charge in [-0.05, 0) is 31.9 Å². The van der Waals surface area contributed by atoms with E-state index in [4.69, 9.17) is 0 Å². The fourth-order valence-corrected chi connectivity index (χ4v) is 4.49. The van der Waals surface area contributed by atoms with Gasteiger partial charge in [0.15, 0.2) is 5.69 Å². The summed E-state index contributed by atoms with van der Waals surface area (Å²) in [4.78, 5) is 32.2. The minimum atomic E-state index is -0.305. The molecule has 4 heterocycles. The second-order valence-electron chi connectivity index (χ2n) is 7.87. The van der Waals surface area contributed by atoms with E-state index in [1.807, 2.05) is 54.3 Å². The Labute approximate surface area is 168 Å². The molecule has 1 spiro atoms. The summed E-state index contributed by atoms with van der Waals surface area (Å²) in [5.74, 6) is 0.634. The highest BCUT2D eigenvalue weighted by Crippen LogP contribution is 2.41. The van der Waals surface area contributed by atoms with Crippen molar-refractivity contribution in [3.8, 4) is 11.3 Å². The summed E-state index contributed by atoms with van der Waals surface area (Å²) in [5, 5.41) is 8.75. The maximum absolute atomic E-state index is 13.0. The van der Waals surface area contributed by atoms with Crippen LogP contribution < -0.4 is 5.56 Å². The van der Waals surface area contributed by atoms with Crippen molar-refractivity contribution in [2.45, 2.75) is 31.7 Å². The molecule has 146 valence electrons. The lowest BCUT2D eigenvalue weighted by molar-refractivity contribution is 0.0777. The summed E-state index contributed by atoms with van der Waals surface area (Å²) in [5.41, 5.74) is 2.02. The number of benzene rings is 1. The third-order valence-corrected chi connectivity index (χ3v) is 6.03. The van der Waals surface area contributed by atoms with Crippen molar-refractivity contribution >= 4 is 5.91 Å². The molecule has 0 radical (unpaired) electrons. The van der Waals surface area contributed by atoms with Crippen LogP contribution in [0.25, 0.3) is 11.3 Å². The van der Waals surface area contributed by atoms with Crippen LogP contribution in [-0.2, 0) is 12.0 Å². The highest BCUT2D eigenvalue weighted by atomic mass is 16.2. The van der Waals surface area contributed by atoms with Crippen molar-refractivity contribution in [2.24, 2.45) is 0 Å². The molecule has 1 saturated heterocycles. The number of fused-ring (bicyclic) bond motifs is 2. The van der Waals surface area contributed by atoms with Crippen molar-refractivity contribution in [2.75, 3.05) is 13.1 Å². The lowest BCUT2D eigenvalue weighted by Crippen LogP contribution is -2.35. The van der Waals surface area contributed by atoms with Gasteiger partial charge in [0.05, 0.1) is 5.41 Å². The molecule has 5 rings (SSSR count). The van der Waals surface area contributed by atoms with Gasteiger partial charge in [0, 0.05) is 30.9 Å². The van der Waals surface area contributed by atoms with Gasteiger partial charge in [0.2, 0.25) is 0 Å². The zero-order valence-electron chi connectivity index (χ0n) is 16.2. The molecule has 1 fully saturated rings. The maximum atomic E-state index is 13.0. The van der Waals surface area contributed by atoms with Crippen LogP contribution in [0, 0.1) is 6.92 Å². The minimum Gasteiger partial charge on any atom is -0.336 e. The van der Waals surface area contributed by atoms with Gasteiger partial charge < -0.3 is 4.90 Å². The minimum absolute atomic E-state index is 0.0692. The third-order valence-electron chi connectivity index (χ3n) is 6.03. The van der Waals surface area contributed by atoms with Crippen molar-refractivity contribution in [3.63, 3.8) is 0 Å². The van der Waals surface area contributed by atoms with Gasteiger partial charge in [-0.2, -0.15) is 0 Å². The van der Waals surface area contributed by atoms with E-state index in [0.29, 0.717) is 36.8 Å². The first-order chi connectivity index (χ1) is 14.1. The molecule has 1 atom stereocenters. The van der Waals surface area contributed by atoms with Crippen molar-refractivity contribution in [1.82, 2.24) is 24.6 Å². The molecule has 2 aliphatic heterocycles. The second-order valence-corrected chi connectivity index (χ2v) is 7.87. The molecule has 2 aliphatic rings. The summed E-state index contributed by atoms with van der Waals surface area (Å²) in [7, 11) is 0. The average molecular weight is 387 g/mol. The summed E-state index contributed by atoms with van der Waals surface area (Å²) in [6.45, 7) is 3.65. The Morgan fingerprint density at radius 1 is 1.00 bits per heavy atom. The fourth-order valence-electron chi connectivity index (χ4n) is 4.49. The molecular formula is C22H21N5O2. The molecule has 3 aromatic rings. The number of amides is 1. The van der Waals surface area contributed by atoms with Gasteiger partial charge in [0.25, 0.3) is 11.5 Å². The van der Waals surface area contributed by atoms with E-state index in [2.05, 4.69) is 15.2 Å². The first-order valence-corrected chi connectivity index (χ1v) is 9.84. The number of carbonyl (C=O) groups excluding carboxylic acids is 1. The number of likely N-dealkylation sites (tertiary alicyclic amines) is 1. The molecule has 0 N–H and O–H groups in total. The maximum Gasteiger partial charge on any atom is 0.280 e. The Morgan fingerprint density at radius 3 is 2.59 bits per heavy atom. The summed E-state index contributed by atoms with van der Waals surface area (Å²) < 4.78 is 1.74. The Balaban J connectivity index is 1.46. The van der Waals surface area contributed by atoms with Crippen LogP contribution in [0.3, 0.4) is 0 Å². The van der Waals surface area contributed by atoms with Gasteiger partial charge in [0.1, 0.15) is 11.5 Å². The SMILES string of the molecule is Cc1cccc(C(=O)N2CC[C@@]3(CCn4c3nnc(-c3ccccc3)c4=O)C2)n1. The van der Waals surface area contributed by atoms with E-state index < -0.39 is 0 Å². The summed E-state index contributed by atoms with van der Waals surface area (Å²) in [6.07, 6.45) is 1.57. The van der Waals surface area contributed by atoms with E-state index in [0.717, 1.165) is 24.1 Å². The molecule has 0 unspecified atom stereocenters. The molecule has 0 saturated carbocycles. The van der Waals surface area contributed by atoms with E-state index in [1.54, 1.807) is 10.6 Å². The van der Waals surface area contributed by atoms with Gasteiger partial charge in [-0.15, -0.1) is 10.2 Å². The molecule has 7 heteroatoms. The van der Waals surface area contributed by atoms with Crippen molar-refractivity contribution in [3.05, 3.63) is 76.1 Å². The fraction of sp³-hybridized carbons (Fsp3) is 0.318. The smallest absolute Gasteiger partial charge is 0.280 e. The Morgan fingerprint density at radius 2 is 1.79 bits per heavy atom. The lowest BCUT2D eigenvalue weighted by Gasteiger charge is -2.23. The molecule has 7 nitrogen and oxygen atoms in total. The number of pyridine rings is 1. The average Bonchev–Trinajstić information content (AvgIpc) is 3.34. The zero-order chi connectivity index (χ0) is 20.0. The molecule has 0 bridgehead atoms. The molecule has 1 aromatic carbocycles. The quantitative estimate of drug-likeness (QED) is 0.673. The van der Waals surface area contributed by atoms with E-state index in [1.165, 1.54) is 0 Å². The molecule has 29 heavy (non-hydrogen) atoms.